The van der Waals surface area contributed by atoms with Crippen LogP contribution in [0.25, 0.3) is 11.0 Å². The second-order valence-electron chi connectivity index (χ2n) is 4.49. The summed E-state index contributed by atoms with van der Waals surface area (Å²) in [4.78, 5) is 11.1. The van der Waals surface area contributed by atoms with E-state index in [9.17, 15) is 4.79 Å². The van der Waals surface area contributed by atoms with Crippen LogP contribution in [0.4, 0.5) is 0 Å². The number of nitrogens with zero attached hydrogens (tertiary/aromatic N) is 2. The Balaban J connectivity index is 1.97. The molecule has 0 unspecified atom stereocenters. The first-order valence-electron chi connectivity index (χ1n) is 6.35. The van der Waals surface area contributed by atoms with Crippen LogP contribution in [0, 0.1) is 22.7 Å². The first kappa shape index (κ1) is 13.4. The summed E-state index contributed by atoms with van der Waals surface area (Å²) in [5.41, 5.74) is 0.617. The van der Waals surface area contributed by atoms with Gasteiger partial charge in [-0.2, -0.15) is 10.5 Å². The van der Waals surface area contributed by atoms with Crippen molar-refractivity contribution in [1.82, 2.24) is 0 Å². The third kappa shape index (κ3) is 2.52. The molecule has 0 aliphatic rings. The smallest absolute Gasteiger partial charge is 0.336 e. The van der Waals surface area contributed by atoms with Gasteiger partial charge in [-0.15, -0.1) is 0 Å². The molecule has 1 aromatic heterocycles. The standard InChI is InChI=1S/C17H8N2O3/c18-9-12-1-3-14(8-13(12)10-19)21-15-4-5-16-11(7-15)2-6-17(20)22-16/h1-8H. The number of ether oxygens (including phenoxy) is 1. The van der Waals surface area contributed by atoms with E-state index in [0.717, 1.165) is 5.39 Å². The van der Waals surface area contributed by atoms with E-state index in [-0.39, 0.29) is 5.56 Å². The predicted molar refractivity (Wildman–Crippen MR) is 78.4 cm³/mol. The minimum Gasteiger partial charge on any atom is -0.457 e. The van der Waals surface area contributed by atoms with Crippen molar-refractivity contribution < 1.29 is 9.15 Å². The lowest BCUT2D eigenvalue weighted by Gasteiger charge is -2.07. The van der Waals surface area contributed by atoms with Crippen molar-refractivity contribution in [3.05, 3.63) is 70.1 Å². The lowest BCUT2D eigenvalue weighted by molar-refractivity contribution is 0.482. The number of benzene rings is 2. The summed E-state index contributed by atoms with van der Waals surface area (Å²) in [6.45, 7) is 0. The molecule has 2 aromatic carbocycles. The van der Waals surface area contributed by atoms with E-state index in [1.54, 1.807) is 30.3 Å². The van der Waals surface area contributed by atoms with E-state index in [4.69, 9.17) is 19.7 Å². The highest BCUT2D eigenvalue weighted by atomic mass is 16.5. The molecule has 0 atom stereocenters. The molecule has 3 aromatic rings. The molecule has 0 fully saturated rings. The van der Waals surface area contributed by atoms with Gasteiger partial charge in [0.05, 0.1) is 11.1 Å². The normalized spacial score (nSPS) is 9.91. The molecule has 5 nitrogen and oxygen atoms in total. The van der Waals surface area contributed by atoms with Gasteiger partial charge in [0, 0.05) is 11.5 Å². The van der Waals surface area contributed by atoms with Crippen LogP contribution in [-0.2, 0) is 0 Å². The second-order valence-corrected chi connectivity index (χ2v) is 4.49. The van der Waals surface area contributed by atoms with Crippen LogP contribution in [0.5, 0.6) is 11.5 Å². The highest BCUT2D eigenvalue weighted by molar-refractivity contribution is 5.78. The highest BCUT2D eigenvalue weighted by Crippen LogP contribution is 2.26. The Morgan fingerprint density at radius 2 is 1.59 bits per heavy atom. The molecule has 0 saturated carbocycles. The molecule has 22 heavy (non-hydrogen) atoms. The molecule has 3 rings (SSSR count). The molecule has 0 N–H and O–H groups in total. The van der Waals surface area contributed by atoms with Crippen LogP contribution in [0.3, 0.4) is 0 Å². The number of hydrogen-bond donors (Lipinski definition) is 0. The highest BCUT2D eigenvalue weighted by Gasteiger charge is 2.06. The molecule has 104 valence electrons. The Hall–Kier alpha value is -3.57. The van der Waals surface area contributed by atoms with Gasteiger partial charge in [0.25, 0.3) is 0 Å². The van der Waals surface area contributed by atoms with Gasteiger partial charge in [0.1, 0.15) is 29.2 Å². The van der Waals surface area contributed by atoms with E-state index >= 15 is 0 Å². The summed E-state index contributed by atoms with van der Waals surface area (Å²) in [5.74, 6) is 0.988. The van der Waals surface area contributed by atoms with Gasteiger partial charge in [-0.05, 0) is 42.5 Å². The first-order valence-corrected chi connectivity index (χ1v) is 6.35. The third-order valence-corrected chi connectivity index (χ3v) is 3.06. The molecule has 0 aliphatic carbocycles. The van der Waals surface area contributed by atoms with Gasteiger partial charge in [-0.25, -0.2) is 4.79 Å². The van der Waals surface area contributed by atoms with Crippen molar-refractivity contribution in [3.8, 4) is 23.6 Å². The first-order chi connectivity index (χ1) is 10.7. The van der Waals surface area contributed by atoms with Crippen molar-refractivity contribution in [3.63, 3.8) is 0 Å². The second kappa shape index (κ2) is 5.43. The maximum atomic E-state index is 11.1. The monoisotopic (exact) mass is 288 g/mol. The van der Waals surface area contributed by atoms with Crippen molar-refractivity contribution >= 4 is 11.0 Å². The van der Waals surface area contributed by atoms with Crippen molar-refractivity contribution in [2.24, 2.45) is 0 Å². The van der Waals surface area contributed by atoms with E-state index in [2.05, 4.69) is 0 Å². The summed E-state index contributed by atoms with van der Waals surface area (Å²) in [6.07, 6.45) is 0. The average Bonchev–Trinajstić information content (AvgIpc) is 2.55. The number of nitriles is 2. The Bertz CT molecular complexity index is 1010. The molecule has 5 heteroatoms. The molecular weight excluding hydrogens is 280 g/mol. The minimum atomic E-state index is -0.410. The molecule has 0 radical (unpaired) electrons. The van der Waals surface area contributed by atoms with Crippen LogP contribution in [0.15, 0.2) is 57.7 Å². The molecule has 1 heterocycles. The lowest BCUT2D eigenvalue weighted by Crippen LogP contribution is -1.94. The topological polar surface area (TPSA) is 87.0 Å². The zero-order chi connectivity index (χ0) is 15.5. The summed E-state index contributed by atoms with van der Waals surface area (Å²) < 4.78 is 10.7. The Kier molecular flexibility index (Phi) is 3.31. The van der Waals surface area contributed by atoms with E-state index < -0.39 is 5.63 Å². The fraction of sp³-hybridized carbons (Fsp3) is 0. The quantitative estimate of drug-likeness (QED) is 0.675. The Morgan fingerprint density at radius 1 is 0.864 bits per heavy atom. The van der Waals surface area contributed by atoms with Gasteiger partial charge in [-0.3, -0.25) is 0 Å². The molecule has 0 spiro atoms. The molecule has 0 saturated heterocycles. The Labute approximate surface area is 125 Å². The SMILES string of the molecule is N#Cc1ccc(Oc2ccc3oc(=O)ccc3c2)cc1C#N. The maximum Gasteiger partial charge on any atom is 0.336 e. The lowest BCUT2D eigenvalue weighted by atomic mass is 10.1. The van der Waals surface area contributed by atoms with Gasteiger partial charge >= 0.3 is 5.63 Å². The van der Waals surface area contributed by atoms with Crippen molar-refractivity contribution in [1.29, 1.82) is 10.5 Å². The zero-order valence-electron chi connectivity index (χ0n) is 11.2. The van der Waals surface area contributed by atoms with Crippen molar-refractivity contribution in [2.45, 2.75) is 0 Å². The van der Waals surface area contributed by atoms with Crippen LogP contribution in [0.2, 0.25) is 0 Å². The zero-order valence-corrected chi connectivity index (χ0v) is 11.2. The fourth-order valence-corrected chi connectivity index (χ4v) is 2.03. The molecule has 0 aliphatic heterocycles. The number of fused-ring (bicyclic) bond motifs is 1. The van der Waals surface area contributed by atoms with Gasteiger partial charge in [0.2, 0.25) is 0 Å². The predicted octanol–water partition coefficient (Wildman–Crippen LogP) is 3.33. The van der Waals surface area contributed by atoms with Gasteiger partial charge in [0.15, 0.2) is 0 Å². The maximum absolute atomic E-state index is 11.1. The van der Waals surface area contributed by atoms with Crippen LogP contribution >= 0.6 is 0 Å². The molecule has 0 bridgehead atoms. The summed E-state index contributed by atoms with van der Waals surface area (Å²) in [7, 11) is 0. The van der Waals surface area contributed by atoms with E-state index in [1.807, 2.05) is 12.1 Å². The van der Waals surface area contributed by atoms with Gasteiger partial charge in [-0.1, -0.05) is 0 Å². The van der Waals surface area contributed by atoms with Crippen molar-refractivity contribution in [2.75, 3.05) is 0 Å². The van der Waals surface area contributed by atoms with Crippen LogP contribution in [-0.4, -0.2) is 0 Å². The average molecular weight is 288 g/mol. The third-order valence-electron chi connectivity index (χ3n) is 3.06. The van der Waals surface area contributed by atoms with Gasteiger partial charge < -0.3 is 9.15 Å². The molecule has 0 amide bonds. The largest absolute Gasteiger partial charge is 0.457 e. The van der Waals surface area contributed by atoms with Crippen LogP contribution in [0.1, 0.15) is 11.1 Å². The number of hydrogen-bond acceptors (Lipinski definition) is 5. The summed E-state index contributed by atoms with van der Waals surface area (Å²) >= 11 is 0. The molecular formula is C17H8N2O3. The van der Waals surface area contributed by atoms with E-state index in [0.29, 0.717) is 22.6 Å². The summed E-state index contributed by atoms with van der Waals surface area (Å²) in [5, 5.41) is 18.6. The van der Waals surface area contributed by atoms with E-state index in [1.165, 1.54) is 18.2 Å². The minimum absolute atomic E-state index is 0.256. The fourth-order valence-electron chi connectivity index (χ4n) is 2.03. The van der Waals surface area contributed by atoms with Crippen LogP contribution < -0.4 is 10.4 Å². The summed E-state index contributed by atoms with van der Waals surface area (Å²) in [6, 6.07) is 16.6. The number of rotatable bonds is 2. The Morgan fingerprint density at radius 3 is 2.36 bits per heavy atom.